The second kappa shape index (κ2) is 6.26. The van der Waals surface area contributed by atoms with Crippen molar-refractivity contribution in [1.82, 2.24) is 4.98 Å². The lowest BCUT2D eigenvalue weighted by Gasteiger charge is -1.99. The second-order valence-electron chi connectivity index (χ2n) is 4.83. The van der Waals surface area contributed by atoms with Gasteiger partial charge in [-0.1, -0.05) is 31.2 Å². The third kappa shape index (κ3) is 2.91. The van der Waals surface area contributed by atoms with Gasteiger partial charge in [-0.15, -0.1) is 0 Å². The number of hydrogen-bond acceptors (Lipinski definition) is 3. The summed E-state index contributed by atoms with van der Waals surface area (Å²) in [6.45, 7) is 2.03. The molecule has 110 valence electrons. The van der Waals surface area contributed by atoms with Crippen molar-refractivity contribution in [2.45, 2.75) is 13.3 Å². The van der Waals surface area contributed by atoms with Crippen molar-refractivity contribution in [3.63, 3.8) is 0 Å². The minimum absolute atomic E-state index is 0.217. The highest BCUT2D eigenvalue weighted by Gasteiger charge is 2.10. The molecule has 0 unspecified atom stereocenters. The van der Waals surface area contributed by atoms with E-state index in [9.17, 15) is 4.79 Å². The van der Waals surface area contributed by atoms with Gasteiger partial charge in [0.25, 0.3) is 0 Å². The number of amides is 1. The predicted octanol–water partition coefficient (Wildman–Crippen LogP) is 4.04. The molecule has 0 atom stereocenters. The molecule has 1 N–H and O–H groups in total. The number of aryl methyl sites for hydroxylation is 1. The summed E-state index contributed by atoms with van der Waals surface area (Å²) in [4.78, 5) is 16.0. The molecule has 0 radical (unpaired) electrons. The van der Waals surface area contributed by atoms with Crippen LogP contribution in [0.25, 0.3) is 17.0 Å². The maximum absolute atomic E-state index is 12.0. The third-order valence-electron chi connectivity index (χ3n) is 3.35. The molecule has 4 nitrogen and oxygen atoms in total. The lowest BCUT2D eigenvalue weighted by atomic mass is 10.1. The number of para-hydroxylation sites is 1. The molecule has 3 aromatic rings. The first-order valence-corrected chi connectivity index (χ1v) is 7.18. The first-order valence-electron chi connectivity index (χ1n) is 7.18. The number of nitrogens with one attached hydrogen (secondary N) is 1. The average molecular weight is 292 g/mol. The fourth-order valence-corrected chi connectivity index (χ4v) is 2.33. The minimum Gasteiger partial charge on any atom is -0.460 e. The van der Waals surface area contributed by atoms with Gasteiger partial charge >= 0.3 is 0 Å². The summed E-state index contributed by atoms with van der Waals surface area (Å²) >= 11 is 0. The van der Waals surface area contributed by atoms with Gasteiger partial charge < -0.3 is 9.73 Å². The van der Waals surface area contributed by atoms with Crippen LogP contribution in [0.2, 0.25) is 0 Å². The van der Waals surface area contributed by atoms with Crippen molar-refractivity contribution in [1.29, 1.82) is 0 Å². The highest BCUT2D eigenvalue weighted by molar-refractivity contribution is 6.03. The van der Waals surface area contributed by atoms with Gasteiger partial charge in [0.1, 0.15) is 17.2 Å². The number of nitrogens with zero attached hydrogens (tertiary/aromatic N) is 1. The van der Waals surface area contributed by atoms with Crippen LogP contribution in [0.15, 0.2) is 59.2 Å². The van der Waals surface area contributed by atoms with Gasteiger partial charge in [-0.3, -0.25) is 4.79 Å². The summed E-state index contributed by atoms with van der Waals surface area (Å²) in [6, 6.07) is 13.2. The van der Waals surface area contributed by atoms with E-state index < -0.39 is 0 Å². The Balaban J connectivity index is 1.84. The summed E-state index contributed by atoms with van der Waals surface area (Å²) in [5.41, 5.74) is 1.79. The lowest BCUT2D eigenvalue weighted by molar-refractivity contribution is -0.111. The molecule has 1 amide bonds. The first kappa shape index (κ1) is 14.1. The second-order valence-corrected chi connectivity index (χ2v) is 4.83. The topological polar surface area (TPSA) is 55.1 Å². The van der Waals surface area contributed by atoms with E-state index in [0.717, 1.165) is 28.7 Å². The maximum atomic E-state index is 12.0. The van der Waals surface area contributed by atoms with E-state index >= 15 is 0 Å². The predicted molar refractivity (Wildman–Crippen MR) is 87.5 cm³/mol. The van der Waals surface area contributed by atoms with Crippen LogP contribution >= 0.6 is 0 Å². The Hall–Kier alpha value is -2.88. The number of benzene rings is 1. The summed E-state index contributed by atoms with van der Waals surface area (Å²) in [6.07, 6.45) is 5.71. The normalized spacial score (nSPS) is 11.1. The molecular weight excluding hydrogens is 276 g/mol. The van der Waals surface area contributed by atoms with Crippen LogP contribution in [0.3, 0.4) is 0 Å². The van der Waals surface area contributed by atoms with E-state index in [-0.39, 0.29) is 5.91 Å². The van der Waals surface area contributed by atoms with Crippen molar-refractivity contribution in [3.05, 3.63) is 66.1 Å². The minimum atomic E-state index is -0.217. The highest BCUT2D eigenvalue weighted by atomic mass is 16.3. The van der Waals surface area contributed by atoms with Gasteiger partial charge in [0.2, 0.25) is 5.91 Å². The zero-order valence-electron chi connectivity index (χ0n) is 12.2. The molecule has 0 saturated carbocycles. The molecule has 0 fully saturated rings. The van der Waals surface area contributed by atoms with E-state index in [2.05, 4.69) is 10.3 Å². The Labute approximate surface area is 128 Å². The standard InChI is InChI=1S/C18H16N2O2/c1-2-15-14(13-7-3-4-8-16(13)22-15)10-11-18(21)20-17-9-5-6-12-19-17/h3-12H,2H2,1H3,(H,19,20,21). The Kier molecular flexibility index (Phi) is 4.01. The van der Waals surface area contributed by atoms with Gasteiger partial charge in [-0.2, -0.15) is 0 Å². The van der Waals surface area contributed by atoms with Crippen LogP contribution in [-0.4, -0.2) is 10.9 Å². The van der Waals surface area contributed by atoms with Crippen molar-refractivity contribution in [2.75, 3.05) is 5.32 Å². The van der Waals surface area contributed by atoms with Gasteiger partial charge in [-0.05, 0) is 24.3 Å². The molecule has 2 heterocycles. The van der Waals surface area contributed by atoms with Crippen molar-refractivity contribution < 1.29 is 9.21 Å². The van der Waals surface area contributed by atoms with Crippen molar-refractivity contribution >= 4 is 28.8 Å². The van der Waals surface area contributed by atoms with Crippen LogP contribution in [0.4, 0.5) is 5.82 Å². The number of fused-ring (bicyclic) bond motifs is 1. The van der Waals surface area contributed by atoms with Gasteiger partial charge in [0, 0.05) is 29.6 Å². The number of rotatable bonds is 4. The van der Waals surface area contributed by atoms with Gasteiger partial charge in [-0.25, -0.2) is 4.98 Å². The Morgan fingerprint density at radius 3 is 2.82 bits per heavy atom. The largest absolute Gasteiger partial charge is 0.460 e. The quantitative estimate of drug-likeness (QED) is 0.738. The molecule has 4 heteroatoms. The van der Waals surface area contributed by atoms with E-state index in [4.69, 9.17) is 4.42 Å². The molecule has 0 bridgehead atoms. The number of anilines is 1. The fourth-order valence-electron chi connectivity index (χ4n) is 2.33. The highest BCUT2D eigenvalue weighted by Crippen LogP contribution is 2.27. The van der Waals surface area contributed by atoms with Gasteiger partial charge in [0.05, 0.1) is 0 Å². The van der Waals surface area contributed by atoms with Crippen LogP contribution in [0.1, 0.15) is 18.2 Å². The Morgan fingerprint density at radius 1 is 1.23 bits per heavy atom. The number of carbonyl (C=O) groups excluding carboxylic acids is 1. The molecule has 3 rings (SSSR count). The number of furan rings is 1. The Morgan fingerprint density at radius 2 is 2.05 bits per heavy atom. The first-order chi connectivity index (χ1) is 10.8. The molecule has 22 heavy (non-hydrogen) atoms. The van der Waals surface area contributed by atoms with Crippen molar-refractivity contribution in [2.24, 2.45) is 0 Å². The summed E-state index contributed by atoms with van der Waals surface area (Å²) in [7, 11) is 0. The number of aromatic nitrogens is 1. The summed E-state index contributed by atoms with van der Waals surface area (Å²) < 4.78 is 5.80. The van der Waals surface area contributed by atoms with E-state index in [1.54, 1.807) is 24.4 Å². The van der Waals surface area contributed by atoms with Crippen LogP contribution in [0, 0.1) is 0 Å². The maximum Gasteiger partial charge on any atom is 0.249 e. The number of hydrogen-bond donors (Lipinski definition) is 1. The molecule has 0 saturated heterocycles. The van der Waals surface area contributed by atoms with Crippen LogP contribution in [-0.2, 0) is 11.2 Å². The number of carbonyl (C=O) groups is 1. The monoisotopic (exact) mass is 292 g/mol. The molecule has 0 aliphatic heterocycles. The molecule has 2 aromatic heterocycles. The summed E-state index contributed by atoms with van der Waals surface area (Å²) in [5, 5.41) is 3.74. The van der Waals surface area contributed by atoms with E-state index in [1.165, 1.54) is 6.08 Å². The third-order valence-corrected chi connectivity index (χ3v) is 3.35. The molecule has 0 spiro atoms. The SMILES string of the molecule is CCc1oc2ccccc2c1C=CC(=O)Nc1ccccn1. The molecule has 1 aromatic carbocycles. The smallest absolute Gasteiger partial charge is 0.249 e. The van der Waals surface area contributed by atoms with E-state index in [0.29, 0.717) is 5.82 Å². The summed E-state index contributed by atoms with van der Waals surface area (Å²) in [5.74, 6) is 1.19. The van der Waals surface area contributed by atoms with Crippen molar-refractivity contribution in [3.8, 4) is 0 Å². The molecule has 0 aliphatic carbocycles. The zero-order chi connectivity index (χ0) is 15.4. The molecule has 0 aliphatic rings. The fraction of sp³-hybridized carbons (Fsp3) is 0.111. The molecular formula is C18H16N2O2. The zero-order valence-corrected chi connectivity index (χ0v) is 12.2. The average Bonchev–Trinajstić information content (AvgIpc) is 2.91. The van der Waals surface area contributed by atoms with Crippen LogP contribution in [0.5, 0.6) is 0 Å². The Bertz CT molecular complexity index is 819. The van der Waals surface area contributed by atoms with Gasteiger partial charge in [0.15, 0.2) is 0 Å². The van der Waals surface area contributed by atoms with Crippen LogP contribution < -0.4 is 5.32 Å². The number of pyridine rings is 1. The lowest BCUT2D eigenvalue weighted by Crippen LogP contribution is -2.08. The van der Waals surface area contributed by atoms with E-state index in [1.807, 2.05) is 37.3 Å².